The molecule has 1 aromatic rings. The molecule has 2 saturated heterocycles. The maximum atomic E-state index is 12.6. The summed E-state index contributed by atoms with van der Waals surface area (Å²) in [4.78, 5) is 0.310. The van der Waals surface area contributed by atoms with Crippen LogP contribution in [0.4, 0.5) is 0 Å². The summed E-state index contributed by atoms with van der Waals surface area (Å²) < 4.78 is 33.7. The molecule has 2 aliphatic heterocycles. The minimum atomic E-state index is -3.46. The highest BCUT2D eigenvalue weighted by molar-refractivity contribution is 7.89. The Hall–Kier alpha value is -1.11. The summed E-state index contributed by atoms with van der Waals surface area (Å²) in [5.41, 5.74) is 0. The van der Waals surface area contributed by atoms with Gasteiger partial charge < -0.3 is 10.1 Å². The second kappa shape index (κ2) is 7.42. The van der Waals surface area contributed by atoms with Crippen molar-refractivity contribution in [1.82, 2.24) is 10.0 Å². The Labute approximate surface area is 145 Å². The standard InChI is InChI=1S/C18H28N2O3S/c1-13(2)9-10-23-17-5-7-18(8-6-17)24(21,22)20-16-11-14-3-4-15(12-16)19-14/h5-8,13-16,19-20H,3-4,9-12H2,1-2H3. The van der Waals surface area contributed by atoms with Crippen LogP contribution in [0.3, 0.4) is 0 Å². The predicted molar refractivity (Wildman–Crippen MR) is 94.7 cm³/mol. The van der Waals surface area contributed by atoms with Gasteiger partial charge in [-0.3, -0.25) is 0 Å². The number of rotatable bonds is 7. The summed E-state index contributed by atoms with van der Waals surface area (Å²) in [7, 11) is -3.46. The maximum absolute atomic E-state index is 12.6. The van der Waals surface area contributed by atoms with E-state index < -0.39 is 10.0 Å². The van der Waals surface area contributed by atoms with Gasteiger partial charge in [0.1, 0.15) is 5.75 Å². The number of fused-ring (bicyclic) bond motifs is 2. The minimum absolute atomic E-state index is 0.0377. The quantitative estimate of drug-likeness (QED) is 0.792. The second-order valence-corrected chi connectivity index (χ2v) is 9.14. The van der Waals surface area contributed by atoms with Crippen molar-refractivity contribution in [3.63, 3.8) is 0 Å². The van der Waals surface area contributed by atoms with Gasteiger partial charge in [-0.25, -0.2) is 13.1 Å². The molecule has 0 radical (unpaired) electrons. The normalized spacial score (nSPS) is 26.7. The summed E-state index contributed by atoms with van der Waals surface area (Å²) in [6, 6.07) is 7.70. The molecule has 1 aromatic carbocycles. The highest BCUT2D eigenvalue weighted by Gasteiger charge is 2.35. The van der Waals surface area contributed by atoms with Crippen molar-refractivity contribution in [2.24, 2.45) is 5.92 Å². The molecular weight excluding hydrogens is 324 g/mol. The molecule has 2 N–H and O–H groups in total. The van der Waals surface area contributed by atoms with Crippen LogP contribution in [0.15, 0.2) is 29.2 Å². The van der Waals surface area contributed by atoms with E-state index in [-0.39, 0.29) is 6.04 Å². The van der Waals surface area contributed by atoms with E-state index in [1.807, 2.05) is 0 Å². The third kappa shape index (κ3) is 4.49. The first kappa shape index (κ1) is 17.7. The second-order valence-electron chi connectivity index (χ2n) is 7.43. The van der Waals surface area contributed by atoms with Gasteiger partial charge in [-0.05, 0) is 62.3 Å². The number of hydrogen-bond donors (Lipinski definition) is 2. The van der Waals surface area contributed by atoms with Crippen LogP contribution in [0.2, 0.25) is 0 Å². The predicted octanol–water partition coefficient (Wildman–Crippen LogP) is 2.67. The summed E-state index contributed by atoms with van der Waals surface area (Å²) in [5.74, 6) is 1.31. The Morgan fingerprint density at radius 3 is 2.38 bits per heavy atom. The monoisotopic (exact) mass is 352 g/mol. The van der Waals surface area contributed by atoms with Crippen molar-refractivity contribution in [3.05, 3.63) is 24.3 Å². The lowest BCUT2D eigenvalue weighted by atomic mass is 10.0. The van der Waals surface area contributed by atoms with Gasteiger partial charge >= 0.3 is 0 Å². The van der Waals surface area contributed by atoms with Gasteiger partial charge in [-0.2, -0.15) is 0 Å². The van der Waals surface area contributed by atoms with Crippen molar-refractivity contribution in [1.29, 1.82) is 0 Å². The molecule has 0 saturated carbocycles. The summed E-state index contributed by atoms with van der Waals surface area (Å²) in [5, 5.41) is 3.53. The SMILES string of the molecule is CC(C)CCOc1ccc(S(=O)(=O)NC2CC3CCC(C2)N3)cc1. The third-order valence-electron chi connectivity index (χ3n) is 4.89. The van der Waals surface area contributed by atoms with Crippen LogP contribution in [0, 0.1) is 5.92 Å². The molecule has 0 amide bonds. The first-order valence-electron chi connectivity index (χ1n) is 8.93. The average Bonchev–Trinajstić information content (AvgIpc) is 2.86. The Bertz CT molecular complexity index is 631. The first-order chi connectivity index (χ1) is 11.4. The number of piperidine rings is 1. The van der Waals surface area contributed by atoms with Gasteiger partial charge in [0.2, 0.25) is 10.0 Å². The lowest BCUT2D eigenvalue weighted by Crippen LogP contribution is -2.47. The minimum Gasteiger partial charge on any atom is -0.494 e. The zero-order chi connectivity index (χ0) is 17.2. The summed E-state index contributed by atoms with van der Waals surface area (Å²) >= 11 is 0. The van der Waals surface area contributed by atoms with Crippen LogP contribution in [-0.4, -0.2) is 33.2 Å². The van der Waals surface area contributed by atoms with Gasteiger partial charge in [0.15, 0.2) is 0 Å². The Morgan fingerprint density at radius 1 is 1.17 bits per heavy atom. The Morgan fingerprint density at radius 2 is 1.79 bits per heavy atom. The highest BCUT2D eigenvalue weighted by atomic mass is 32.2. The van der Waals surface area contributed by atoms with Crippen LogP contribution in [0.5, 0.6) is 5.75 Å². The number of sulfonamides is 1. The fourth-order valence-electron chi connectivity index (χ4n) is 3.57. The highest BCUT2D eigenvalue weighted by Crippen LogP contribution is 2.28. The van der Waals surface area contributed by atoms with Crippen LogP contribution in [0.1, 0.15) is 46.0 Å². The third-order valence-corrected chi connectivity index (χ3v) is 6.43. The molecule has 2 heterocycles. The van der Waals surface area contributed by atoms with E-state index in [1.165, 1.54) is 0 Å². The van der Waals surface area contributed by atoms with Crippen LogP contribution in [0.25, 0.3) is 0 Å². The number of hydrogen-bond acceptors (Lipinski definition) is 4. The lowest BCUT2D eigenvalue weighted by molar-refractivity contribution is 0.289. The zero-order valence-electron chi connectivity index (χ0n) is 14.5. The average molecular weight is 353 g/mol. The summed E-state index contributed by atoms with van der Waals surface area (Å²) in [6.45, 7) is 4.95. The van der Waals surface area contributed by atoms with Gasteiger partial charge in [0.05, 0.1) is 11.5 Å². The molecule has 6 heteroatoms. The molecule has 134 valence electrons. The van der Waals surface area contributed by atoms with E-state index in [2.05, 4.69) is 23.9 Å². The molecule has 2 bridgehead atoms. The van der Waals surface area contributed by atoms with Crippen molar-refractivity contribution in [2.45, 2.75) is 69.0 Å². The van der Waals surface area contributed by atoms with E-state index in [0.29, 0.717) is 29.5 Å². The lowest BCUT2D eigenvalue weighted by Gasteiger charge is -2.29. The van der Waals surface area contributed by atoms with Gasteiger partial charge in [-0.15, -0.1) is 0 Å². The Kier molecular flexibility index (Phi) is 5.47. The maximum Gasteiger partial charge on any atom is 0.240 e. The van der Waals surface area contributed by atoms with E-state index in [0.717, 1.165) is 37.9 Å². The van der Waals surface area contributed by atoms with Crippen molar-refractivity contribution < 1.29 is 13.2 Å². The van der Waals surface area contributed by atoms with E-state index in [1.54, 1.807) is 24.3 Å². The zero-order valence-corrected chi connectivity index (χ0v) is 15.3. The number of ether oxygens (including phenoxy) is 1. The fourth-order valence-corrected chi connectivity index (χ4v) is 4.83. The number of nitrogens with one attached hydrogen (secondary N) is 2. The van der Waals surface area contributed by atoms with Gasteiger partial charge in [0.25, 0.3) is 0 Å². The Balaban J connectivity index is 1.58. The van der Waals surface area contributed by atoms with Crippen molar-refractivity contribution in [2.75, 3.05) is 6.61 Å². The molecule has 2 aliphatic rings. The molecule has 2 atom stereocenters. The van der Waals surface area contributed by atoms with Crippen LogP contribution >= 0.6 is 0 Å². The van der Waals surface area contributed by atoms with E-state index in [4.69, 9.17) is 4.74 Å². The fraction of sp³-hybridized carbons (Fsp3) is 0.667. The molecule has 2 unspecified atom stereocenters. The van der Waals surface area contributed by atoms with Crippen LogP contribution in [-0.2, 0) is 10.0 Å². The largest absolute Gasteiger partial charge is 0.494 e. The van der Waals surface area contributed by atoms with Gasteiger partial charge in [-0.1, -0.05) is 13.8 Å². The molecule has 3 rings (SSSR count). The van der Waals surface area contributed by atoms with Crippen LogP contribution < -0.4 is 14.8 Å². The molecule has 0 spiro atoms. The van der Waals surface area contributed by atoms with E-state index >= 15 is 0 Å². The topological polar surface area (TPSA) is 67.4 Å². The number of benzene rings is 1. The summed E-state index contributed by atoms with van der Waals surface area (Å²) in [6.07, 6.45) is 5.06. The molecule has 0 aliphatic carbocycles. The van der Waals surface area contributed by atoms with Crippen molar-refractivity contribution in [3.8, 4) is 5.75 Å². The van der Waals surface area contributed by atoms with E-state index in [9.17, 15) is 8.42 Å². The first-order valence-corrected chi connectivity index (χ1v) is 10.4. The molecule has 5 nitrogen and oxygen atoms in total. The van der Waals surface area contributed by atoms with Gasteiger partial charge in [0, 0.05) is 18.1 Å². The van der Waals surface area contributed by atoms with Crippen molar-refractivity contribution >= 4 is 10.0 Å². The molecular formula is C18H28N2O3S. The molecule has 0 aromatic heterocycles. The molecule has 24 heavy (non-hydrogen) atoms. The smallest absolute Gasteiger partial charge is 0.240 e. The molecule has 2 fully saturated rings.